The van der Waals surface area contributed by atoms with Crippen molar-refractivity contribution >= 4 is 11.6 Å². The van der Waals surface area contributed by atoms with Crippen molar-refractivity contribution in [1.29, 1.82) is 0 Å². The van der Waals surface area contributed by atoms with E-state index < -0.39 is 5.60 Å². The maximum atomic E-state index is 12.9. The molecule has 1 fully saturated rings. The Bertz CT molecular complexity index is 776. The SMILES string of the molecule is Cc1ccc([C@H]2O[C@]23CCC(=O)c2ccccc2C3=O)cc1. The molecule has 2 atom stereocenters. The monoisotopic (exact) mass is 292 g/mol. The Balaban J connectivity index is 1.74. The Hall–Kier alpha value is -2.26. The van der Waals surface area contributed by atoms with E-state index in [0.29, 0.717) is 24.0 Å². The van der Waals surface area contributed by atoms with Crippen LogP contribution in [0.5, 0.6) is 0 Å². The van der Waals surface area contributed by atoms with Crippen molar-refractivity contribution in [3.8, 4) is 0 Å². The predicted molar refractivity (Wildman–Crippen MR) is 82.1 cm³/mol. The quantitative estimate of drug-likeness (QED) is 0.753. The van der Waals surface area contributed by atoms with E-state index in [1.54, 1.807) is 24.3 Å². The van der Waals surface area contributed by atoms with Crippen molar-refractivity contribution < 1.29 is 14.3 Å². The van der Waals surface area contributed by atoms with E-state index in [2.05, 4.69) is 0 Å². The molecule has 110 valence electrons. The second-order valence-corrected chi connectivity index (χ2v) is 6.10. The average molecular weight is 292 g/mol. The van der Waals surface area contributed by atoms with Crippen LogP contribution in [0.3, 0.4) is 0 Å². The van der Waals surface area contributed by atoms with Crippen molar-refractivity contribution in [2.75, 3.05) is 0 Å². The molecule has 3 nitrogen and oxygen atoms in total. The van der Waals surface area contributed by atoms with Crippen LogP contribution in [0, 0.1) is 6.92 Å². The van der Waals surface area contributed by atoms with Gasteiger partial charge in [0.05, 0.1) is 0 Å². The number of ether oxygens (including phenoxy) is 1. The average Bonchev–Trinajstić information content (AvgIpc) is 3.29. The molecule has 3 heteroatoms. The summed E-state index contributed by atoms with van der Waals surface area (Å²) in [5, 5.41) is 0. The van der Waals surface area contributed by atoms with Gasteiger partial charge in [0, 0.05) is 17.5 Å². The first-order valence-electron chi connectivity index (χ1n) is 7.53. The van der Waals surface area contributed by atoms with Crippen molar-refractivity contribution in [1.82, 2.24) is 0 Å². The summed E-state index contributed by atoms with van der Waals surface area (Å²) in [6.07, 6.45) is 0.572. The Morgan fingerprint density at radius 3 is 2.41 bits per heavy atom. The zero-order valence-electron chi connectivity index (χ0n) is 12.3. The highest BCUT2D eigenvalue weighted by molar-refractivity contribution is 6.15. The van der Waals surface area contributed by atoms with Crippen LogP contribution < -0.4 is 0 Å². The Morgan fingerprint density at radius 2 is 1.68 bits per heavy atom. The molecule has 0 aromatic heterocycles. The van der Waals surface area contributed by atoms with Gasteiger partial charge in [0.2, 0.25) is 0 Å². The second-order valence-electron chi connectivity index (χ2n) is 6.10. The molecule has 0 saturated carbocycles. The van der Waals surface area contributed by atoms with Gasteiger partial charge in [-0.25, -0.2) is 0 Å². The fourth-order valence-electron chi connectivity index (χ4n) is 3.32. The summed E-state index contributed by atoms with van der Waals surface area (Å²) in [5.74, 6) is -0.0292. The lowest BCUT2D eigenvalue weighted by atomic mass is 9.89. The van der Waals surface area contributed by atoms with Crippen LogP contribution in [-0.4, -0.2) is 17.2 Å². The van der Waals surface area contributed by atoms with Crippen molar-refractivity contribution in [2.45, 2.75) is 31.5 Å². The molecule has 0 N–H and O–H groups in total. The van der Waals surface area contributed by atoms with Crippen molar-refractivity contribution in [3.05, 3.63) is 70.8 Å². The first kappa shape index (κ1) is 13.4. The maximum Gasteiger partial charge on any atom is 0.198 e. The van der Waals surface area contributed by atoms with Gasteiger partial charge in [-0.15, -0.1) is 0 Å². The molecule has 2 aromatic rings. The van der Waals surface area contributed by atoms with Gasteiger partial charge >= 0.3 is 0 Å². The van der Waals surface area contributed by atoms with Gasteiger partial charge < -0.3 is 4.74 Å². The number of benzene rings is 2. The molecule has 1 aliphatic carbocycles. The minimum absolute atomic E-state index is 0.0268. The summed E-state index contributed by atoms with van der Waals surface area (Å²) in [5.41, 5.74) is 2.36. The fourth-order valence-corrected chi connectivity index (χ4v) is 3.32. The molecule has 1 saturated heterocycles. The molecule has 1 spiro atoms. The first-order chi connectivity index (χ1) is 10.6. The second kappa shape index (κ2) is 4.62. The standard InChI is InChI=1S/C19H16O3/c1-12-6-8-13(9-7-12)18-19(22-18)11-10-16(20)14-4-2-3-5-15(14)17(19)21/h2-9,18H,10-11H2,1H3/t18-,19+/m1/s1. The molecule has 1 heterocycles. The van der Waals surface area contributed by atoms with Crippen LogP contribution in [0.1, 0.15) is 50.8 Å². The smallest absolute Gasteiger partial charge is 0.198 e. The summed E-state index contributed by atoms with van der Waals surface area (Å²) in [6, 6.07) is 15.1. The van der Waals surface area contributed by atoms with E-state index in [9.17, 15) is 9.59 Å². The molecular weight excluding hydrogens is 276 g/mol. The number of hydrogen-bond acceptors (Lipinski definition) is 3. The highest BCUT2D eigenvalue weighted by Gasteiger charge is 2.63. The molecule has 0 radical (unpaired) electrons. The molecule has 0 bridgehead atoms. The first-order valence-corrected chi connectivity index (χ1v) is 7.53. The van der Waals surface area contributed by atoms with E-state index >= 15 is 0 Å². The number of fused-ring (bicyclic) bond motifs is 1. The summed E-state index contributed by atoms with van der Waals surface area (Å²) in [4.78, 5) is 25.2. The van der Waals surface area contributed by atoms with Gasteiger partial charge in [-0.1, -0.05) is 54.1 Å². The normalized spacial score (nSPS) is 26.7. The van der Waals surface area contributed by atoms with E-state index in [4.69, 9.17) is 4.74 Å². The van der Waals surface area contributed by atoms with Crippen molar-refractivity contribution in [3.63, 3.8) is 0 Å². The highest BCUT2D eigenvalue weighted by atomic mass is 16.6. The molecule has 2 aliphatic rings. The summed E-state index contributed by atoms with van der Waals surface area (Å²) in [7, 11) is 0. The van der Waals surface area contributed by atoms with Crippen LogP contribution in [0.25, 0.3) is 0 Å². The Kier molecular flexibility index (Phi) is 2.81. The molecule has 2 aromatic carbocycles. The Morgan fingerprint density at radius 1 is 1.00 bits per heavy atom. The van der Waals surface area contributed by atoms with Crippen LogP contribution >= 0.6 is 0 Å². The number of Topliss-reactive ketones (excluding diaryl/α,β-unsaturated/α-hetero) is 2. The number of ketones is 2. The van der Waals surface area contributed by atoms with Gasteiger partial charge in [0.1, 0.15) is 6.10 Å². The van der Waals surface area contributed by atoms with Gasteiger partial charge in [-0.2, -0.15) is 0 Å². The van der Waals surface area contributed by atoms with E-state index in [1.807, 2.05) is 31.2 Å². The van der Waals surface area contributed by atoms with Crippen LogP contribution in [-0.2, 0) is 4.74 Å². The van der Waals surface area contributed by atoms with Crippen LogP contribution in [0.4, 0.5) is 0 Å². The number of hydrogen-bond donors (Lipinski definition) is 0. The maximum absolute atomic E-state index is 12.9. The zero-order valence-corrected chi connectivity index (χ0v) is 12.3. The highest BCUT2D eigenvalue weighted by Crippen LogP contribution is 2.55. The number of rotatable bonds is 1. The lowest BCUT2D eigenvalue weighted by Crippen LogP contribution is -2.24. The topological polar surface area (TPSA) is 46.7 Å². The molecule has 0 unspecified atom stereocenters. The van der Waals surface area contributed by atoms with Crippen LogP contribution in [0.15, 0.2) is 48.5 Å². The van der Waals surface area contributed by atoms with E-state index in [0.717, 1.165) is 5.56 Å². The van der Waals surface area contributed by atoms with Crippen LogP contribution in [0.2, 0.25) is 0 Å². The lowest BCUT2D eigenvalue weighted by Gasteiger charge is -2.09. The predicted octanol–water partition coefficient (Wildman–Crippen LogP) is 3.66. The number of aryl methyl sites for hydroxylation is 1. The van der Waals surface area contributed by atoms with Gasteiger partial charge in [0.25, 0.3) is 0 Å². The third-order valence-electron chi connectivity index (χ3n) is 4.65. The Labute approximate surface area is 128 Å². The van der Waals surface area contributed by atoms with Gasteiger partial charge in [-0.3, -0.25) is 9.59 Å². The molecule has 22 heavy (non-hydrogen) atoms. The van der Waals surface area contributed by atoms with E-state index in [-0.39, 0.29) is 17.7 Å². The van der Waals surface area contributed by atoms with E-state index in [1.165, 1.54) is 5.56 Å². The summed E-state index contributed by atoms with van der Waals surface area (Å²) in [6.45, 7) is 2.03. The number of carbonyl (C=O) groups excluding carboxylic acids is 2. The third kappa shape index (κ3) is 1.86. The molecule has 1 aliphatic heterocycles. The van der Waals surface area contributed by atoms with Gasteiger partial charge in [-0.05, 0) is 18.9 Å². The molecule has 4 rings (SSSR count). The minimum atomic E-state index is -0.850. The fraction of sp³-hybridized carbons (Fsp3) is 0.263. The minimum Gasteiger partial charge on any atom is -0.352 e. The summed E-state index contributed by atoms with van der Waals surface area (Å²) >= 11 is 0. The number of carbonyl (C=O) groups is 2. The third-order valence-corrected chi connectivity index (χ3v) is 4.65. The number of epoxide rings is 1. The lowest BCUT2D eigenvalue weighted by molar-refractivity contribution is 0.0863. The largest absolute Gasteiger partial charge is 0.352 e. The summed E-state index contributed by atoms with van der Waals surface area (Å²) < 4.78 is 5.87. The van der Waals surface area contributed by atoms with Crippen molar-refractivity contribution in [2.24, 2.45) is 0 Å². The molecular formula is C19H16O3. The zero-order chi connectivity index (χ0) is 15.3. The molecule has 0 amide bonds. The van der Waals surface area contributed by atoms with Gasteiger partial charge in [0.15, 0.2) is 17.2 Å².